The van der Waals surface area contributed by atoms with Gasteiger partial charge in [-0.25, -0.2) is 9.48 Å². The van der Waals surface area contributed by atoms with Crippen molar-refractivity contribution in [2.24, 2.45) is 0 Å². The summed E-state index contributed by atoms with van der Waals surface area (Å²) in [7, 11) is 1.36. The molecule has 0 saturated carbocycles. The lowest BCUT2D eigenvalue weighted by atomic mass is 9.96. The van der Waals surface area contributed by atoms with E-state index in [0.29, 0.717) is 12.1 Å². The van der Waals surface area contributed by atoms with E-state index < -0.39 is 0 Å². The molecule has 0 N–H and O–H groups in total. The molecule has 3 aromatic rings. The third-order valence-corrected chi connectivity index (χ3v) is 4.66. The number of aromatic nitrogens is 3. The third-order valence-electron chi connectivity index (χ3n) is 4.66. The first-order valence-corrected chi connectivity index (χ1v) is 8.48. The van der Waals surface area contributed by atoms with Gasteiger partial charge in [0.05, 0.1) is 18.2 Å². The van der Waals surface area contributed by atoms with Crippen molar-refractivity contribution in [3.8, 4) is 0 Å². The fourth-order valence-electron chi connectivity index (χ4n) is 3.43. The van der Waals surface area contributed by atoms with Crippen LogP contribution in [0.4, 0.5) is 5.69 Å². The molecule has 7 nitrogen and oxygen atoms in total. The summed E-state index contributed by atoms with van der Waals surface area (Å²) in [5.74, 6) is -0.456. The summed E-state index contributed by atoms with van der Waals surface area (Å²) in [6.07, 6.45) is 1.54. The summed E-state index contributed by atoms with van der Waals surface area (Å²) in [6, 6.07) is 12.9. The molecule has 0 saturated heterocycles. The summed E-state index contributed by atoms with van der Waals surface area (Å²) >= 11 is 0. The molecule has 1 aliphatic heterocycles. The number of para-hydroxylation sites is 1. The fraction of sp³-hybridized carbons (Fsp3) is 0.263. The van der Waals surface area contributed by atoms with Crippen LogP contribution in [0.1, 0.15) is 22.3 Å². The quantitative estimate of drug-likeness (QED) is 0.677. The van der Waals surface area contributed by atoms with E-state index in [4.69, 9.17) is 4.74 Å². The van der Waals surface area contributed by atoms with Crippen LogP contribution in [-0.4, -0.2) is 40.5 Å². The maximum atomic E-state index is 12.9. The smallest absolute Gasteiger partial charge is 0.338 e. The SMILES string of the molecule is COC(=O)c1cccc2c1CCCN2C(=O)Cn1nnc2ccccc21. The molecule has 26 heavy (non-hydrogen) atoms. The number of rotatable bonds is 3. The number of esters is 1. The molecule has 1 amide bonds. The van der Waals surface area contributed by atoms with Crippen LogP contribution in [0.3, 0.4) is 0 Å². The number of carbonyl (C=O) groups is 2. The number of fused-ring (bicyclic) bond motifs is 2. The Bertz CT molecular complexity index is 995. The van der Waals surface area contributed by atoms with E-state index in [1.807, 2.05) is 30.3 Å². The van der Waals surface area contributed by atoms with Crippen molar-refractivity contribution in [1.29, 1.82) is 0 Å². The second-order valence-electron chi connectivity index (χ2n) is 6.18. The molecule has 0 unspecified atom stereocenters. The van der Waals surface area contributed by atoms with Crippen LogP contribution in [0.2, 0.25) is 0 Å². The lowest BCUT2D eigenvalue weighted by Crippen LogP contribution is -2.38. The highest BCUT2D eigenvalue weighted by Crippen LogP contribution is 2.30. The largest absolute Gasteiger partial charge is 0.465 e. The number of anilines is 1. The Morgan fingerprint density at radius 1 is 1.15 bits per heavy atom. The topological polar surface area (TPSA) is 77.3 Å². The number of ether oxygens (including phenoxy) is 1. The van der Waals surface area contributed by atoms with Crippen molar-refractivity contribution in [3.63, 3.8) is 0 Å². The standard InChI is InChI=1S/C19H18N4O3/c1-26-19(25)14-6-4-10-16-13(14)7-5-11-22(16)18(24)12-23-17-9-3-2-8-15(17)20-21-23/h2-4,6,8-10H,5,7,11-12H2,1H3. The highest BCUT2D eigenvalue weighted by atomic mass is 16.5. The Kier molecular flexibility index (Phi) is 4.12. The molecule has 132 valence electrons. The monoisotopic (exact) mass is 350 g/mol. The normalized spacial score (nSPS) is 13.5. The molecule has 0 spiro atoms. The minimum absolute atomic E-state index is 0.0800. The molecule has 2 heterocycles. The molecule has 0 radical (unpaired) electrons. The van der Waals surface area contributed by atoms with Crippen molar-refractivity contribution < 1.29 is 14.3 Å². The molecule has 7 heteroatoms. The number of carbonyl (C=O) groups excluding carboxylic acids is 2. The fourth-order valence-corrected chi connectivity index (χ4v) is 3.43. The summed E-state index contributed by atoms with van der Waals surface area (Å²) in [5, 5.41) is 8.18. The van der Waals surface area contributed by atoms with Gasteiger partial charge >= 0.3 is 5.97 Å². The van der Waals surface area contributed by atoms with Crippen LogP contribution >= 0.6 is 0 Å². The summed E-state index contributed by atoms with van der Waals surface area (Å²) in [6.45, 7) is 0.714. The molecule has 1 aliphatic rings. The first-order valence-electron chi connectivity index (χ1n) is 8.48. The molecule has 0 aliphatic carbocycles. The Morgan fingerprint density at radius 2 is 2.00 bits per heavy atom. The van der Waals surface area contributed by atoms with Gasteiger partial charge in [0.1, 0.15) is 12.1 Å². The van der Waals surface area contributed by atoms with Crippen LogP contribution in [0, 0.1) is 0 Å². The van der Waals surface area contributed by atoms with Crippen molar-refractivity contribution in [2.75, 3.05) is 18.6 Å². The second kappa shape index (κ2) is 6.59. The zero-order valence-corrected chi connectivity index (χ0v) is 14.4. The molecule has 0 bridgehead atoms. The van der Waals surface area contributed by atoms with Gasteiger partial charge in [0.25, 0.3) is 0 Å². The van der Waals surface area contributed by atoms with Crippen LogP contribution in [0.15, 0.2) is 42.5 Å². The van der Waals surface area contributed by atoms with Gasteiger partial charge in [0.15, 0.2) is 0 Å². The third kappa shape index (κ3) is 2.71. The lowest BCUT2D eigenvalue weighted by molar-refractivity contribution is -0.119. The van der Waals surface area contributed by atoms with Gasteiger partial charge in [-0.1, -0.05) is 23.4 Å². The maximum Gasteiger partial charge on any atom is 0.338 e. The van der Waals surface area contributed by atoms with E-state index in [1.165, 1.54) is 7.11 Å². The Balaban J connectivity index is 1.65. The Morgan fingerprint density at radius 3 is 2.85 bits per heavy atom. The number of methoxy groups -OCH3 is 1. The van der Waals surface area contributed by atoms with Crippen LogP contribution in [0.5, 0.6) is 0 Å². The van der Waals surface area contributed by atoms with Crippen molar-refractivity contribution in [1.82, 2.24) is 15.0 Å². The molecular weight excluding hydrogens is 332 g/mol. The number of nitrogens with zero attached hydrogens (tertiary/aromatic N) is 4. The lowest BCUT2D eigenvalue weighted by Gasteiger charge is -2.30. The predicted molar refractivity (Wildman–Crippen MR) is 96.0 cm³/mol. The van der Waals surface area contributed by atoms with Crippen molar-refractivity contribution in [2.45, 2.75) is 19.4 Å². The minimum Gasteiger partial charge on any atom is -0.465 e. The van der Waals surface area contributed by atoms with E-state index in [0.717, 1.165) is 35.1 Å². The van der Waals surface area contributed by atoms with Gasteiger partial charge in [0.2, 0.25) is 5.91 Å². The second-order valence-corrected chi connectivity index (χ2v) is 6.18. The first-order chi connectivity index (χ1) is 12.7. The summed E-state index contributed by atoms with van der Waals surface area (Å²) in [5.41, 5.74) is 3.73. The average Bonchev–Trinajstić information content (AvgIpc) is 3.09. The number of hydrogen-bond donors (Lipinski definition) is 0. The van der Waals surface area contributed by atoms with Gasteiger partial charge in [0, 0.05) is 12.2 Å². The van der Waals surface area contributed by atoms with E-state index in [1.54, 1.807) is 21.7 Å². The minimum atomic E-state index is -0.376. The first kappa shape index (κ1) is 16.3. The summed E-state index contributed by atoms with van der Waals surface area (Å²) < 4.78 is 6.47. The molecule has 2 aromatic carbocycles. The van der Waals surface area contributed by atoms with Crippen molar-refractivity contribution in [3.05, 3.63) is 53.6 Å². The number of benzene rings is 2. The summed E-state index contributed by atoms with van der Waals surface area (Å²) in [4.78, 5) is 26.7. The zero-order valence-electron chi connectivity index (χ0n) is 14.4. The molecule has 0 atom stereocenters. The van der Waals surface area contributed by atoms with Gasteiger partial charge in [-0.15, -0.1) is 5.10 Å². The number of amides is 1. The molecule has 4 rings (SSSR count). The van der Waals surface area contributed by atoms with Gasteiger partial charge < -0.3 is 9.64 Å². The Hall–Kier alpha value is -3.22. The van der Waals surface area contributed by atoms with Crippen LogP contribution < -0.4 is 4.90 Å². The highest BCUT2D eigenvalue weighted by Gasteiger charge is 2.26. The highest BCUT2D eigenvalue weighted by molar-refractivity contribution is 5.99. The van der Waals surface area contributed by atoms with E-state index in [-0.39, 0.29) is 18.4 Å². The van der Waals surface area contributed by atoms with Gasteiger partial charge in [-0.05, 0) is 42.7 Å². The number of hydrogen-bond acceptors (Lipinski definition) is 5. The maximum absolute atomic E-state index is 12.9. The molecule has 0 fully saturated rings. The van der Waals surface area contributed by atoms with E-state index in [2.05, 4.69) is 10.3 Å². The van der Waals surface area contributed by atoms with Crippen LogP contribution in [0.25, 0.3) is 11.0 Å². The van der Waals surface area contributed by atoms with Crippen molar-refractivity contribution >= 4 is 28.6 Å². The average molecular weight is 350 g/mol. The van der Waals surface area contributed by atoms with E-state index >= 15 is 0 Å². The molecule has 1 aromatic heterocycles. The van der Waals surface area contributed by atoms with E-state index in [9.17, 15) is 9.59 Å². The van der Waals surface area contributed by atoms with Gasteiger partial charge in [-0.3, -0.25) is 4.79 Å². The molecular formula is C19H18N4O3. The Labute approximate surface area is 150 Å². The van der Waals surface area contributed by atoms with Gasteiger partial charge in [-0.2, -0.15) is 0 Å². The zero-order chi connectivity index (χ0) is 18.1. The van der Waals surface area contributed by atoms with Crippen LogP contribution in [-0.2, 0) is 22.5 Å². The predicted octanol–water partition coefficient (Wildman–Crippen LogP) is 2.20.